The van der Waals surface area contributed by atoms with Crippen LogP contribution in [0.1, 0.15) is 32.6 Å². The molecule has 2 aromatic rings. The van der Waals surface area contributed by atoms with E-state index in [0.29, 0.717) is 24.0 Å². The molecule has 160 valence electrons. The zero-order chi connectivity index (χ0) is 21.1. The molecule has 2 fully saturated rings. The summed E-state index contributed by atoms with van der Waals surface area (Å²) < 4.78 is 27.5. The molecule has 30 heavy (non-hydrogen) atoms. The van der Waals surface area contributed by atoms with Crippen LogP contribution in [-0.4, -0.2) is 49.9 Å². The molecule has 0 spiro atoms. The molecule has 1 aliphatic carbocycles. The molecule has 1 aliphatic heterocycles. The predicted octanol–water partition coefficient (Wildman–Crippen LogP) is 3.11. The van der Waals surface area contributed by atoms with Gasteiger partial charge in [-0.1, -0.05) is 18.2 Å². The third kappa shape index (κ3) is 4.43. The van der Waals surface area contributed by atoms with E-state index in [1.807, 2.05) is 30.0 Å². The van der Waals surface area contributed by atoms with Gasteiger partial charge in [0.05, 0.1) is 5.69 Å². The van der Waals surface area contributed by atoms with E-state index in [1.54, 1.807) is 24.3 Å². The largest absolute Gasteiger partial charge is 0.367 e. The molecule has 1 N–H and O–H groups in total. The van der Waals surface area contributed by atoms with Gasteiger partial charge in [0, 0.05) is 37.8 Å². The van der Waals surface area contributed by atoms with Crippen molar-refractivity contribution in [2.24, 2.45) is 5.92 Å². The van der Waals surface area contributed by atoms with E-state index in [4.69, 9.17) is 0 Å². The molecular weight excluding hydrogens is 400 g/mol. The molecule has 1 saturated carbocycles. The SMILES string of the molecule is CCN(c1ccccc1)S(=O)(=O)c1ccc(NC2CCN(C(=O)C3CC3)CC2)nc1. The van der Waals surface area contributed by atoms with Gasteiger partial charge >= 0.3 is 0 Å². The summed E-state index contributed by atoms with van der Waals surface area (Å²) in [4.78, 5) is 18.7. The van der Waals surface area contributed by atoms with Crippen molar-refractivity contribution in [1.29, 1.82) is 0 Å². The Kier molecular flexibility index (Phi) is 5.94. The number of pyridine rings is 1. The monoisotopic (exact) mass is 428 g/mol. The van der Waals surface area contributed by atoms with E-state index in [9.17, 15) is 13.2 Å². The Morgan fingerprint density at radius 3 is 2.37 bits per heavy atom. The van der Waals surface area contributed by atoms with E-state index < -0.39 is 10.0 Å². The summed E-state index contributed by atoms with van der Waals surface area (Å²) in [6.45, 7) is 3.68. The van der Waals surface area contributed by atoms with Crippen molar-refractivity contribution in [1.82, 2.24) is 9.88 Å². The van der Waals surface area contributed by atoms with Crippen LogP contribution >= 0.6 is 0 Å². The van der Waals surface area contributed by atoms with Gasteiger partial charge in [0.2, 0.25) is 5.91 Å². The minimum absolute atomic E-state index is 0.170. The third-order valence-electron chi connectivity index (χ3n) is 5.74. The Labute approximate surface area is 178 Å². The van der Waals surface area contributed by atoms with Gasteiger partial charge in [-0.05, 0) is 56.9 Å². The van der Waals surface area contributed by atoms with Crippen LogP contribution in [0.4, 0.5) is 11.5 Å². The van der Waals surface area contributed by atoms with Crippen LogP contribution < -0.4 is 9.62 Å². The van der Waals surface area contributed by atoms with Gasteiger partial charge < -0.3 is 10.2 Å². The van der Waals surface area contributed by atoms with Crippen molar-refractivity contribution in [3.05, 3.63) is 48.7 Å². The summed E-state index contributed by atoms with van der Waals surface area (Å²) in [5.74, 6) is 1.23. The van der Waals surface area contributed by atoms with E-state index >= 15 is 0 Å². The van der Waals surface area contributed by atoms with Crippen molar-refractivity contribution in [3.63, 3.8) is 0 Å². The molecule has 0 radical (unpaired) electrons. The highest BCUT2D eigenvalue weighted by molar-refractivity contribution is 7.92. The Balaban J connectivity index is 1.38. The molecule has 0 atom stereocenters. The topological polar surface area (TPSA) is 82.6 Å². The van der Waals surface area contributed by atoms with Crippen LogP contribution in [0.25, 0.3) is 0 Å². The standard InChI is InChI=1S/C22H28N4O3S/c1-2-26(19-6-4-3-5-7-19)30(28,29)20-10-11-21(23-16-20)24-18-12-14-25(15-13-18)22(27)17-8-9-17/h3-7,10-11,16-18H,2,8-9,12-15H2,1H3,(H,23,24). The van der Waals surface area contributed by atoms with Gasteiger partial charge in [-0.25, -0.2) is 13.4 Å². The number of carbonyl (C=O) groups excluding carboxylic acids is 1. The summed E-state index contributed by atoms with van der Waals surface area (Å²) >= 11 is 0. The van der Waals surface area contributed by atoms with Gasteiger partial charge in [0.1, 0.15) is 10.7 Å². The highest BCUT2D eigenvalue weighted by Crippen LogP contribution is 2.32. The summed E-state index contributed by atoms with van der Waals surface area (Å²) in [6.07, 6.45) is 5.23. The molecule has 1 aromatic heterocycles. The number of sulfonamides is 1. The number of anilines is 2. The molecule has 2 aliphatic rings. The van der Waals surface area contributed by atoms with E-state index in [1.165, 1.54) is 10.5 Å². The predicted molar refractivity (Wildman–Crippen MR) is 117 cm³/mol. The molecule has 7 nitrogen and oxygen atoms in total. The average molecular weight is 429 g/mol. The summed E-state index contributed by atoms with van der Waals surface area (Å²) in [5, 5.41) is 3.38. The zero-order valence-electron chi connectivity index (χ0n) is 17.2. The fourth-order valence-corrected chi connectivity index (χ4v) is 5.29. The Morgan fingerprint density at radius 2 is 1.80 bits per heavy atom. The number of piperidine rings is 1. The van der Waals surface area contributed by atoms with Crippen LogP contribution in [0.15, 0.2) is 53.6 Å². The number of benzene rings is 1. The number of para-hydroxylation sites is 1. The van der Waals surface area contributed by atoms with E-state index in [0.717, 1.165) is 38.8 Å². The molecule has 0 bridgehead atoms. The lowest BCUT2D eigenvalue weighted by Gasteiger charge is -2.32. The first-order valence-corrected chi connectivity index (χ1v) is 12.0. The minimum Gasteiger partial charge on any atom is -0.367 e. The lowest BCUT2D eigenvalue weighted by molar-refractivity contribution is -0.133. The smallest absolute Gasteiger partial charge is 0.265 e. The first kappa shape index (κ1) is 20.7. The van der Waals surface area contributed by atoms with Crippen LogP contribution in [0.2, 0.25) is 0 Å². The number of hydrogen-bond acceptors (Lipinski definition) is 5. The summed E-state index contributed by atoms with van der Waals surface area (Å²) in [5.41, 5.74) is 0.634. The maximum absolute atomic E-state index is 13.1. The number of nitrogens with one attached hydrogen (secondary N) is 1. The van der Waals surface area contributed by atoms with Crippen LogP contribution in [0.3, 0.4) is 0 Å². The van der Waals surface area contributed by atoms with Crippen LogP contribution in [-0.2, 0) is 14.8 Å². The van der Waals surface area contributed by atoms with Gasteiger partial charge in [-0.15, -0.1) is 0 Å². The Hall–Kier alpha value is -2.61. The summed E-state index contributed by atoms with van der Waals surface area (Å²) in [6, 6.07) is 12.6. The fourth-order valence-electron chi connectivity index (χ4n) is 3.87. The van der Waals surface area contributed by atoms with Gasteiger partial charge in [0.15, 0.2) is 0 Å². The molecule has 4 rings (SSSR count). The fraction of sp³-hybridized carbons (Fsp3) is 0.455. The zero-order valence-corrected chi connectivity index (χ0v) is 18.0. The lowest BCUT2D eigenvalue weighted by Crippen LogP contribution is -2.43. The second kappa shape index (κ2) is 8.63. The quantitative estimate of drug-likeness (QED) is 0.733. The number of amides is 1. The third-order valence-corrected chi connectivity index (χ3v) is 7.63. The summed E-state index contributed by atoms with van der Waals surface area (Å²) in [7, 11) is -3.67. The molecule has 1 aromatic carbocycles. The Bertz CT molecular complexity index is 967. The van der Waals surface area contributed by atoms with Gasteiger partial charge in [-0.2, -0.15) is 0 Å². The molecule has 1 amide bonds. The van der Waals surface area contributed by atoms with Crippen molar-refractivity contribution in [2.75, 3.05) is 29.3 Å². The highest BCUT2D eigenvalue weighted by Gasteiger charge is 2.35. The lowest BCUT2D eigenvalue weighted by atomic mass is 10.0. The normalized spacial score (nSPS) is 17.6. The van der Waals surface area contributed by atoms with Crippen molar-refractivity contribution in [2.45, 2.75) is 43.5 Å². The van der Waals surface area contributed by atoms with Gasteiger partial charge in [0.25, 0.3) is 10.0 Å². The van der Waals surface area contributed by atoms with E-state index in [2.05, 4.69) is 10.3 Å². The second-order valence-electron chi connectivity index (χ2n) is 7.90. The molecule has 0 unspecified atom stereocenters. The van der Waals surface area contributed by atoms with E-state index in [-0.39, 0.29) is 16.9 Å². The number of likely N-dealkylation sites (tertiary alicyclic amines) is 1. The van der Waals surface area contributed by atoms with Crippen molar-refractivity contribution in [3.8, 4) is 0 Å². The van der Waals surface area contributed by atoms with Crippen LogP contribution in [0, 0.1) is 5.92 Å². The second-order valence-corrected chi connectivity index (χ2v) is 9.76. The molecular formula is C22H28N4O3S. The maximum Gasteiger partial charge on any atom is 0.265 e. The number of carbonyl (C=O) groups is 1. The first-order valence-electron chi connectivity index (χ1n) is 10.6. The minimum atomic E-state index is -3.67. The number of hydrogen-bond donors (Lipinski definition) is 1. The maximum atomic E-state index is 13.1. The number of aromatic nitrogens is 1. The van der Waals surface area contributed by atoms with Crippen molar-refractivity contribution < 1.29 is 13.2 Å². The van der Waals surface area contributed by atoms with Gasteiger partial charge in [-0.3, -0.25) is 9.10 Å². The highest BCUT2D eigenvalue weighted by atomic mass is 32.2. The van der Waals surface area contributed by atoms with Crippen molar-refractivity contribution >= 4 is 27.4 Å². The average Bonchev–Trinajstić information content (AvgIpc) is 3.61. The Morgan fingerprint density at radius 1 is 1.10 bits per heavy atom. The molecule has 8 heteroatoms. The number of rotatable bonds is 7. The molecule has 1 saturated heterocycles. The molecule has 2 heterocycles. The first-order chi connectivity index (χ1) is 14.5. The van der Waals surface area contributed by atoms with Crippen LogP contribution in [0.5, 0.6) is 0 Å². The number of nitrogens with zero attached hydrogens (tertiary/aromatic N) is 3.